The number of thioether (sulfide) groups is 1. The van der Waals surface area contributed by atoms with E-state index in [1.54, 1.807) is 9.36 Å². The van der Waals surface area contributed by atoms with E-state index in [-0.39, 0.29) is 22.8 Å². The standard InChI is InChI=1S/C19H25N7O2S/c1-6-19(3,4)20-15(27)12-29-18-21-22-23-25(18)16-13(2)24(5)26(17(16)28)14-10-8-7-9-11-14/h7-11H,6,12H2,1-5H3,(H,20,27). The molecule has 0 unspecified atom stereocenters. The van der Waals surface area contributed by atoms with Crippen molar-refractivity contribution in [3.8, 4) is 11.4 Å². The van der Waals surface area contributed by atoms with Crippen LogP contribution in [-0.4, -0.2) is 46.8 Å². The zero-order valence-corrected chi connectivity index (χ0v) is 18.0. The Morgan fingerprint density at radius 2 is 1.93 bits per heavy atom. The molecule has 10 heteroatoms. The zero-order valence-electron chi connectivity index (χ0n) is 17.2. The summed E-state index contributed by atoms with van der Waals surface area (Å²) in [4.78, 5) is 25.4. The molecule has 1 N–H and O–H groups in total. The number of tetrazole rings is 1. The van der Waals surface area contributed by atoms with Gasteiger partial charge >= 0.3 is 0 Å². The minimum absolute atomic E-state index is 0.108. The smallest absolute Gasteiger partial charge is 0.297 e. The van der Waals surface area contributed by atoms with Crippen LogP contribution < -0.4 is 10.9 Å². The third kappa shape index (κ3) is 4.26. The van der Waals surface area contributed by atoms with Crippen LogP contribution in [0.2, 0.25) is 0 Å². The molecule has 3 rings (SSSR count). The molecule has 0 aliphatic rings. The molecule has 0 aliphatic carbocycles. The Balaban J connectivity index is 1.90. The maximum absolute atomic E-state index is 13.2. The number of carbonyl (C=O) groups is 1. The summed E-state index contributed by atoms with van der Waals surface area (Å²) >= 11 is 1.19. The van der Waals surface area contributed by atoms with Crippen LogP contribution in [0, 0.1) is 6.92 Å². The van der Waals surface area contributed by atoms with Crippen LogP contribution in [0.5, 0.6) is 0 Å². The number of benzene rings is 1. The minimum Gasteiger partial charge on any atom is -0.351 e. The Labute approximate surface area is 173 Å². The summed E-state index contributed by atoms with van der Waals surface area (Å²) in [7, 11) is 1.81. The number of rotatable bonds is 7. The van der Waals surface area contributed by atoms with Crippen LogP contribution in [0.15, 0.2) is 40.3 Å². The van der Waals surface area contributed by atoms with Gasteiger partial charge in [-0.2, -0.15) is 4.68 Å². The first kappa shape index (κ1) is 20.8. The average Bonchev–Trinajstić information content (AvgIpc) is 3.23. The quantitative estimate of drug-likeness (QED) is 0.591. The van der Waals surface area contributed by atoms with Gasteiger partial charge in [0, 0.05) is 12.6 Å². The summed E-state index contributed by atoms with van der Waals surface area (Å²) in [5, 5.41) is 15.1. The fourth-order valence-electron chi connectivity index (χ4n) is 2.84. The van der Waals surface area contributed by atoms with Crippen molar-refractivity contribution in [3.63, 3.8) is 0 Å². The van der Waals surface area contributed by atoms with E-state index >= 15 is 0 Å². The van der Waals surface area contributed by atoms with E-state index < -0.39 is 0 Å². The lowest BCUT2D eigenvalue weighted by Crippen LogP contribution is -2.43. The molecule has 3 aromatic rings. The van der Waals surface area contributed by atoms with Crippen molar-refractivity contribution in [1.29, 1.82) is 0 Å². The van der Waals surface area contributed by atoms with Crippen molar-refractivity contribution in [1.82, 2.24) is 34.9 Å². The maximum Gasteiger partial charge on any atom is 0.297 e. The van der Waals surface area contributed by atoms with Crippen LogP contribution in [0.1, 0.15) is 32.9 Å². The molecule has 1 amide bonds. The number of para-hydroxylation sites is 1. The third-order valence-electron chi connectivity index (χ3n) is 4.87. The highest BCUT2D eigenvalue weighted by molar-refractivity contribution is 7.99. The van der Waals surface area contributed by atoms with E-state index in [0.717, 1.165) is 12.1 Å². The monoisotopic (exact) mass is 415 g/mol. The molecule has 2 heterocycles. The van der Waals surface area contributed by atoms with E-state index in [1.165, 1.54) is 16.4 Å². The topological polar surface area (TPSA) is 99.6 Å². The molecular formula is C19H25N7O2S. The highest BCUT2D eigenvalue weighted by Crippen LogP contribution is 2.20. The third-order valence-corrected chi connectivity index (χ3v) is 5.79. The van der Waals surface area contributed by atoms with Gasteiger partial charge in [-0.25, -0.2) is 4.68 Å². The first-order valence-corrected chi connectivity index (χ1v) is 10.3. The SMILES string of the molecule is CCC(C)(C)NC(=O)CSc1nnnn1-c1c(C)n(C)n(-c2ccccc2)c1=O. The van der Waals surface area contributed by atoms with E-state index in [2.05, 4.69) is 20.8 Å². The Bertz CT molecular complexity index is 1070. The molecule has 0 fully saturated rings. The predicted molar refractivity (Wildman–Crippen MR) is 112 cm³/mol. The summed E-state index contributed by atoms with van der Waals surface area (Å²) in [5.41, 5.74) is 1.31. The van der Waals surface area contributed by atoms with Gasteiger partial charge < -0.3 is 5.32 Å². The van der Waals surface area contributed by atoms with Crippen molar-refractivity contribution in [2.75, 3.05) is 5.75 Å². The molecule has 1 aromatic carbocycles. The fraction of sp³-hybridized carbons (Fsp3) is 0.421. The summed E-state index contributed by atoms with van der Waals surface area (Å²) in [6.45, 7) is 7.80. The van der Waals surface area contributed by atoms with Crippen molar-refractivity contribution < 1.29 is 4.79 Å². The molecule has 0 radical (unpaired) electrons. The van der Waals surface area contributed by atoms with Gasteiger partial charge in [-0.1, -0.05) is 36.9 Å². The van der Waals surface area contributed by atoms with Crippen molar-refractivity contribution in [3.05, 3.63) is 46.4 Å². The Kier molecular flexibility index (Phi) is 5.92. The number of hydrogen-bond donors (Lipinski definition) is 1. The highest BCUT2D eigenvalue weighted by Gasteiger charge is 2.23. The van der Waals surface area contributed by atoms with Crippen molar-refractivity contribution in [2.45, 2.75) is 44.8 Å². The number of aromatic nitrogens is 6. The van der Waals surface area contributed by atoms with Crippen LogP contribution in [-0.2, 0) is 11.8 Å². The second-order valence-electron chi connectivity index (χ2n) is 7.36. The number of amides is 1. The van der Waals surface area contributed by atoms with Gasteiger partial charge in [-0.15, -0.1) is 5.10 Å². The summed E-state index contributed by atoms with van der Waals surface area (Å²) < 4.78 is 4.73. The Hall–Kier alpha value is -2.88. The largest absolute Gasteiger partial charge is 0.351 e. The van der Waals surface area contributed by atoms with Crippen LogP contribution in [0.3, 0.4) is 0 Å². The summed E-state index contributed by atoms with van der Waals surface area (Å²) in [6.07, 6.45) is 0.823. The first-order chi connectivity index (χ1) is 13.7. The Morgan fingerprint density at radius 1 is 1.24 bits per heavy atom. The number of hydrogen-bond acceptors (Lipinski definition) is 6. The molecule has 0 saturated carbocycles. The second-order valence-corrected chi connectivity index (χ2v) is 8.30. The van der Waals surface area contributed by atoms with Gasteiger partial charge in [-0.05, 0) is 49.8 Å². The van der Waals surface area contributed by atoms with Gasteiger partial charge in [0.05, 0.1) is 17.1 Å². The summed E-state index contributed by atoms with van der Waals surface area (Å²) in [5.74, 6) is 0.0469. The molecule has 0 aliphatic heterocycles. The molecule has 0 spiro atoms. The van der Waals surface area contributed by atoms with Gasteiger partial charge in [0.25, 0.3) is 5.56 Å². The first-order valence-electron chi connectivity index (χ1n) is 9.31. The van der Waals surface area contributed by atoms with Gasteiger partial charge in [-0.3, -0.25) is 14.3 Å². The molecule has 0 atom stereocenters. The maximum atomic E-state index is 13.2. The lowest BCUT2D eigenvalue weighted by Gasteiger charge is -2.24. The van der Waals surface area contributed by atoms with E-state index in [0.29, 0.717) is 16.5 Å². The van der Waals surface area contributed by atoms with Crippen molar-refractivity contribution >= 4 is 17.7 Å². The van der Waals surface area contributed by atoms with Gasteiger partial charge in [0.15, 0.2) is 5.69 Å². The molecule has 0 saturated heterocycles. The van der Waals surface area contributed by atoms with E-state index in [4.69, 9.17) is 0 Å². The number of carbonyl (C=O) groups excluding carboxylic acids is 1. The predicted octanol–water partition coefficient (Wildman–Crippen LogP) is 1.86. The molecule has 9 nitrogen and oxygen atoms in total. The normalized spacial score (nSPS) is 11.6. The molecule has 154 valence electrons. The van der Waals surface area contributed by atoms with Crippen molar-refractivity contribution in [2.24, 2.45) is 7.05 Å². The average molecular weight is 416 g/mol. The van der Waals surface area contributed by atoms with Crippen LogP contribution in [0.25, 0.3) is 11.4 Å². The minimum atomic E-state index is -0.275. The number of nitrogens with one attached hydrogen (secondary N) is 1. The number of nitrogens with zero attached hydrogens (tertiary/aromatic N) is 6. The van der Waals surface area contributed by atoms with Gasteiger partial charge in [0.2, 0.25) is 11.1 Å². The van der Waals surface area contributed by atoms with Crippen LogP contribution >= 0.6 is 11.8 Å². The second kappa shape index (κ2) is 8.24. The van der Waals surface area contributed by atoms with E-state index in [1.807, 2.05) is 65.1 Å². The summed E-state index contributed by atoms with van der Waals surface area (Å²) in [6, 6.07) is 9.36. The molecule has 2 aromatic heterocycles. The molecule has 29 heavy (non-hydrogen) atoms. The fourth-order valence-corrected chi connectivity index (χ4v) is 3.52. The molecular weight excluding hydrogens is 390 g/mol. The van der Waals surface area contributed by atoms with Crippen LogP contribution in [0.4, 0.5) is 0 Å². The zero-order chi connectivity index (χ0) is 21.2. The van der Waals surface area contributed by atoms with Gasteiger partial charge in [0.1, 0.15) is 0 Å². The van der Waals surface area contributed by atoms with E-state index in [9.17, 15) is 9.59 Å². The lowest BCUT2D eigenvalue weighted by molar-refractivity contribution is -0.120. The molecule has 0 bridgehead atoms. The highest BCUT2D eigenvalue weighted by atomic mass is 32.2. The Morgan fingerprint density at radius 3 is 2.59 bits per heavy atom. The lowest BCUT2D eigenvalue weighted by atomic mass is 10.0.